The standard InChI is InChI=1S/C23H31N5O7S/c24-15-18-3-1-2-4-20(18)26-10-12-28(13-11-26)36(32,33)17-23(21(29)25-31)6-8-27(9-7-23)22(30)35-19-5-14-34-16-19/h1-4,19,31H,5-14,16-17H2,(H,25,29)/t19-/m0/s1. The van der Waals surface area contributed by atoms with E-state index in [1.165, 1.54) is 9.21 Å². The quantitative estimate of drug-likeness (QED) is 0.403. The van der Waals surface area contributed by atoms with Crippen LogP contribution in [0, 0.1) is 16.7 Å². The number of hydroxylamine groups is 1. The summed E-state index contributed by atoms with van der Waals surface area (Å²) in [5.74, 6) is -1.24. The van der Waals surface area contributed by atoms with Crippen LogP contribution in [0.15, 0.2) is 24.3 Å². The summed E-state index contributed by atoms with van der Waals surface area (Å²) in [4.78, 5) is 28.6. The fraction of sp³-hybridized carbons (Fsp3) is 0.609. The van der Waals surface area contributed by atoms with E-state index in [2.05, 4.69) is 6.07 Å². The molecule has 12 nitrogen and oxygen atoms in total. The number of anilines is 1. The van der Waals surface area contributed by atoms with Gasteiger partial charge in [0.2, 0.25) is 10.0 Å². The molecule has 3 saturated heterocycles. The van der Waals surface area contributed by atoms with Gasteiger partial charge < -0.3 is 19.3 Å². The van der Waals surface area contributed by atoms with Gasteiger partial charge in [0.15, 0.2) is 0 Å². The predicted molar refractivity (Wildman–Crippen MR) is 128 cm³/mol. The van der Waals surface area contributed by atoms with Crippen molar-refractivity contribution in [2.45, 2.75) is 25.4 Å². The van der Waals surface area contributed by atoms with Gasteiger partial charge in [-0.2, -0.15) is 9.57 Å². The lowest BCUT2D eigenvalue weighted by Gasteiger charge is -2.41. The molecular formula is C23H31N5O7S. The van der Waals surface area contributed by atoms with E-state index < -0.39 is 33.2 Å². The van der Waals surface area contributed by atoms with Gasteiger partial charge in [-0.3, -0.25) is 10.0 Å². The number of nitriles is 1. The van der Waals surface area contributed by atoms with E-state index in [9.17, 15) is 28.5 Å². The predicted octanol–water partition coefficient (Wildman–Crippen LogP) is 0.523. The molecule has 36 heavy (non-hydrogen) atoms. The number of nitrogens with one attached hydrogen (secondary N) is 1. The van der Waals surface area contributed by atoms with Crippen molar-refractivity contribution in [2.75, 3.05) is 63.1 Å². The minimum Gasteiger partial charge on any atom is -0.444 e. The molecule has 0 unspecified atom stereocenters. The van der Waals surface area contributed by atoms with Crippen LogP contribution >= 0.6 is 0 Å². The van der Waals surface area contributed by atoms with Crippen molar-refractivity contribution in [1.82, 2.24) is 14.7 Å². The van der Waals surface area contributed by atoms with Crippen molar-refractivity contribution < 1.29 is 32.7 Å². The lowest BCUT2D eigenvalue weighted by molar-refractivity contribution is -0.141. The number of sulfonamides is 1. The van der Waals surface area contributed by atoms with E-state index in [0.29, 0.717) is 38.3 Å². The number of likely N-dealkylation sites (tertiary alicyclic amines) is 1. The van der Waals surface area contributed by atoms with E-state index >= 15 is 0 Å². The van der Waals surface area contributed by atoms with Crippen LogP contribution in [0.4, 0.5) is 10.5 Å². The van der Waals surface area contributed by atoms with Crippen molar-refractivity contribution >= 4 is 27.7 Å². The second-order valence-electron chi connectivity index (χ2n) is 9.35. The van der Waals surface area contributed by atoms with Gasteiger partial charge in [0.05, 0.1) is 35.6 Å². The topological polar surface area (TPSA) is 153 Å². The number of para-hydroxylation sites is 1. The van der Waals surface area contributed by atoms with Crippen LogP contribution in [0.25, 0.3) is 0 Å². The van der Waals surface area contributed by atoms with Crippen LogP contribution < -0.4 is 10.4 Å². The number of piperazine rings is 1. The fourth-order valence-electron chi connectivity index (χ4n) is 4.99. The van der Waals surface area contributed by atoms with Crippen LogP contribution in [-0.2, 0) is 24.3 Å². The van der Waals surface area contributed by atoms with Crippen LogP contribution in [0.1, 0.15) is 24.8 Å². The molecule has 3 fully saturated rings. The second kappa shape index (κ2) is 11.0. The number of hydrogen-bond donors (Lipinski definition) is 2. The van der Waals surface area contributed by atoms with Crippen molar-refractivity contribution in [3.8, 4) is 6.07 Å². The van der Waals surface area contributed by atoms with Crippen LogP contribution in [0.5, 0.6) is 0 Å². The van der Waals surface area contributed by atoms with Crippen molar-refractivity contribution in [3.63, 3.8) is 0 Å². The highest BCUT2D eigenvalue weighted by Crippen LogP contribution is 2.35. The minimum absolute atomic E-state index is 0.0738. The number of benzene rings is 1. The highest BCUT2D eigenvalue weighted by Gasteiger charge is 2.47. The van der Waals surface area contributed by atoms with Crippen molar-refractivity contribution in [1.29, 1.82) is 5.26 Å². The third-order valence-corrected chi connectivity index (χ3v) is 9.24. The molecule has 2 N–H and O–H groups in total. The smallest absolute Gasteiger partial charge is 0.410 e. The summed E-state index contributed by atoms with van der Waals surface area (Å²) < 4.78 is 38.7. The molecule has 0 aromatic heterocycles. The van der Waals surface area contributed by atoms with Gasteiger partial charge in [0.1, 0.15) is 12.2 Å². The molecule has 0 saturated carbocycles. The molecule has 1 aromatic rings. The number of hydrogen-bond acceptors (Lipinski definition) is 9. The Bertz CT molecular complexity index is 1100. The Kier molecular flexibility index (Phi) is 7.99. The first-order valence-electron chi connectivity index (χ1n) is 12.0. The number of nitrogens with zero attached hydrogens (tertiary/aromatic N) is 4. The monoisotopic (exact) mass is 521 g/mol. The first-order valence-corrected chi connectivity index (χ1v) is 13.6. The average Bonchev–Trinajstić information content (AvgIpc) is 3.41. The van der Waals surface area contributed by atoms with E-state index in [-0.39, 0.29) is 45.1 Å². The summed E-state index contributed by atoms with van der Waals surface area (Å²) >= 11 is 0. The van der Waals surface area contributed by atoms with Crippen LogP contribution in [-0.4, -0.2) is 99.2 Å². The maximum Gasteiger partial charge on any atom is 0.410 e. The zero-order valence-corrected chi connectivity index (χ0v) is 20.8. The highest BCUT2D eigenvalue weighted by atomic mass is 32.2. The minimum atomic E-state index is -3.86. The van der Waals surface area contributed by atoms with E-state index in [1.807, 2.05) is 17.0 Å². The summed E-state index contributed by atoms with van der Waals surface area (Å²) in [5, 5.41) is 18.7. The second-order valence-corrected chi connectivity index (χ2v) is 11.3. The number of rotatable bonds is 6. The summed E-state index contributed by atoms with van der Waals surface area (Å²) in [6.07, 6.45) is -0.0389. The number of piperidine rings is 1. The summed E-state index contributed by atoms with van der Waals surface area (Å²) in [5.41, 5.74) is 1.55. The molecule has 0 aliphatic carbocycles. The normalized spacial score (nSPS) is 22.6. The molecule has 3 heterocycles. The first-order chi connectivity index (χ1) is 17.3. The van der Waals surface area contributed by atoms with Crippen molar-refractivity contribution in [3.05, 3.63) is 29.8 Å². The molecule has 0 radical (unpaired) electrons. The van der Waals surface area contributed by atoms with Gasteiger partial charge in [-0.25, -0.2) is 18.7 Å². The Morgan fingerprint density at radius 3 is 2.47 bits per heavy atom. The first kappa shape index (κ1) is 26.2. The number of amides is 2. The molecule has 196 valence electrons. The van der Waals surface area contributed by atoms with E-state index in [1.54, 1.807) is 17.6 Å². The molecule has 1 atom stereocenters. The lowest BCUT2D eigenvalue weighted by Crippen LogP contribution is -2.56. The Labute approximate surface area is 210 Å². The molecule has 3 aliphatic heterocycles. The van der Waals surface area contributed by atoms with Gasteiger partial charge >= 0.3 is 6.09 Å². The van der Waals surface area contributed by atoms with Gasteiger partial charge in [-0.1, -0.05) is 12.1 Å². The summed E-state index contributed by atoms with van der Waals surface area (Å²) in [6.45, 7) is 2.38. The van der Waals surface area contributed by atoms with Crippen LogP contribution in [0.3, 0.4) is 0 Å². The zero-order valence-electron chi connectivity index (χ0n) is 20.0. The largest absolute Gasteiger partial charge is 0.444 e. The lowest BCUT2D eigenvalue weighted by atomic mass is 9.79. The molecule has 2 amide bonds. The van der Waals surface area contributed by atoms with Crippen molar-refractivity contribution in [2.24, 2.45) is 5.41 Å². The molecule has 0 spiro atoms. The molecule has 3 aliphatic rings. The molecule has 4 rings (SSSR count). The third-order valence-electron chi connectivity index (χ3n) is 7.17. The maximum absolute atomic E-state index is 13.4. The SMILES string of the molecule is N#Cc1ccccc1N1CCN(S(=O)(=O)CC2(C(=O)NO)CCN(C(=O)O[C@H]3CCOC3)CC2)CC1. The van der Waals surface area contributed by atoms with Crippen LogP contribution in [0.2, 0.25) is 0 Å². The molecule has 1 aromatic carbocycles. The number of carbonyl (C=O) groups excluding carboxylic acids is 2. The Hall–Kier alpha value is -2.92. The Morgan fingerprint density at radius 2 is 1.86 bits per heavy atom. The summed E-state index contributed by atoms with van der Waals surface area (Å²) in [7, 11) is -3.86. The van der Waals surface area contributed by atoms with Gasteiger partial charge in [-0.05, 0) is 25.0 Å². The van der Waals surface area contributed by atoms with Gasteiger partial charge in [0.25, 0.3) is 5.91 Å². The molecule has 0 bridgehead atoms. The number of ether oxygens (including phenoxy) is 2. The van der Waals surface area contributed by atoms with E-state index in [4.69, 9.17) is 9.47 Å². The highest BCUT2D eigenvalue weighted by molar-refractivity contribution is 7.89. The third kappa shape index (κ3) is 5.57. The molecule has 13 heteroatoms. The maximum atomic E-state index is 13.4. The zero-order chi connectivity index (χ0) is 25.8. The fourth-order valence-corrected chi connectivity index (χ4v) is 7.01. The van der Waals surface area contributed by atoms with Gasteiger partial charge in [-0.15, -0.1) is 0 Å². The van der Waals surface area contributed by atoms with E-state index in [0.717, 1.165) is 5.69 Å². The average molecular weight is 522 g/mol. The molecular weight excluding hydrogens is 490 g/mol. The summed E-state index contributed by atoms with van der Waals surface area (Å²) in [6, 6.07) is 9.33. The Morgan fingerprint density at radius 1 is 1.17 bits per heavy atom. The van der Waals surface area contributed by atoms with Gasteiger partial charge in [0, 0.05) is 45.7 Å². The Balaban J connectivity index is 1.39. The number of carbonyl (C=O) groups is 2.